The Morgan fingerprint density at radius 1 is 1.26 bits per heavy atom. The molecule has 0 saturated heterocycles. The molecule has 0 unspecified atom stereocenters. The van der Waals surface area contributed by atoms with Crippen LogP contribution in [-0.2, 0) is 25.9 Å². The smallest absolute Gasteiger partial charge is 0.0846 e. The maximum atomic E-state index is 8.80. The van der Waals surface area contributed by atoms with Gasteiger partial charge in [0.2, 0.25) is 0 Å². The third-order valence-corrected chi connectivity index (χ3v) is 3.08. The second-order valence-electron chi connectivity index (χ2n) is 4.53. The number of rotatable bonds is 7. The second kappa shape index (κ2) is 6.47. The van der Waals surface area contributed by atoms with Crippen molar-refractivity contribution < 1.29 is 5.11 Å². The van der Waals surface area contributed by atoms with Gasteiger partial charge in [0.1, 0.15) is 0 Å². The fourth-order valence-corrected chi connectivity index (χ4v) is 2.05. The van der Waals surface area contributed by atoms with E-state index in [-0.39, 0.29) is 6.61 Å². The summed E-state index contributed by atoms with van der Waals surface area (Å²) in [7, 11) is 0. The normalized spacial score (nSPS) is 11.1. The Kier molecular flexibility index (Phi) is 4.68. The van der Waals surface area contributed by atoms with E-state index in [0.29, 0.717) is 6.54 Å². The lowest BCUT2D eigenvalue weighted by molar-refractivity contribution is 0.288. The first-order valence-electron chi connectivity index (χ1n) is 6.82. The molecule has 2 aromatic rings. The number of aryl methyl sites for hydroxylation is 3. The molecule has 0 aromatic carbocycles. The molecule has 6 heteroatoms. The Hall–Kier alpha value is -1.69. The minimum atomic E-state index is 0.190. The summed E-state index contributed by atoms with van der Waals surface area (Å²) < 4.78 is 3.84. The topological polar surface area (TPSA) is 68.8 Å². The molecule has 2 heterocycles. The third kappa shape index (κ3) is 3.41. The molecule has 1 N–H and O–H groups in total. The van der Waals surface area contributed by atoms with Crippen LogP contribution in [0.15, 0.2) is 12.3 Å². The fraction of sp³-hybridized carbons (Fsp3) is 0.615. The van der Waals surface area contributed by atoms with Crippen molar-refractivity contribution in [3.05, 3.63) is 29.3 Å². The fourth-order valence-electron chi connectivity index (χ4n) is 2.05. The summed E-state index contributed by atoms with van der Waals surface area (Å²) in [6.07, 6.45) is 4.38. The van der Waals surface area contributed by atoms with E-state index >= 15 is 0 Å². The first kappa shape index (κ1) is 13.7. The van der Waals surface area contributed by atoms with Gasteiger partial charge in [0.25, 0.3) is 0 Å². The van der Waals surface area contributed by atoms with Gasteiger partial charge in [0.05, 0.1) is 23.6 Å². The van der Waals surface area contributed by atoms with E-state index in [9.17, 15) is 0 Å². The predicted octanol–water partition coefficient (Wildman–Crippen LogP) is 1.03. The van der Waals surface area contributed by atoms with E-state index in [4.69, 9.17) is 5.11 Å². The number of nitrogens with zero attached hydrogens (tertiary/aromatic N) is 5. The van der Waals surface area contributed by atoms with Crippen LogP contribution in [0.1, 0.15) is 37.4 Å². The maximum Gasteiger partial charge on any atom is 0.0846 e. The van der Waals surface area contributed by atoms with Crippen molar-refractivity contribution in [2.75, 3.05) is 6.61 Å². The van der Waals surface area contributed by atoms with Crippen LogP contribution in [0.25, 0.3) is 0 Å². The molecule has 0 spiro atoms. The first-order valence-corrected chi connectivity index (χ1v) is 6.82. The molecule has 0 radical (unpaired) electrons. The zero-order valence-corrected chi connectivity index (χ0v) is 11.6. The summed E-state index contributed by atoms with van der Waals surface area (Å²) in [5.41, 5.74) is 3.18. The van der Waals surface area contributed by atoms with E-state index in [2.05, 4.69) is 35.3 Å². The summed E-state index contributed by atoms with van der Waals surface area (Å²) in [5, 5.41) is 21.5. The highest BCUT2D eigenvalue weighted by molar-refractivity contribution is 5.11. The Morgan fingerprint density at radius 2 is 2.11 bits per heavy atom. The molecule has 0 aliphatic carbocycles. The summed E-state index contributed by atoms with van der Waals surface area (Å²) in [5.74, 6) is 0. The van der Waals surface area contributed by atoms with Crippen LogP contribution >= 0.6 is 0 Å². The largest absolute Gasteiger partial charge is 0.396 e. The lowest BCUT2D eigenvalue weighted by Crippen LogP contribution is -2.08. The monoisotopic (exact) mass is 263 g/mol. The third-order valence-electron chi connectivity index (χ3n) is 3.08. The predicted molar refractivity (Wildman–Crippen MR) is 71.8 cm³/mol. The number of hydrogen-bond donors (Lipinski definition) is 1. The van der Waals surface area contributed by atoms with Crippen molar-refractivity contribution in [3.63, 3.8) is 0 Å². The van der Waals surface area contributed by atoms with Crippen molar-refractivity contribution >= 4 is 0 Å². The van der Waals surface area contributed by atoms with Gasteiger partial charge in [-0.15, -0.1) is 5.10 Å². The van der Waals surface area contributed by atoms with Crippen LogP contribution in [-0.4, -0.2) is 36.5 Å². The lowest BCUT2D eigenvalue weighted by Gasteiger charge is -2.03. The number of aliphatic hydroxyl groups excluding tert-OH is 1. The Labute approximate surface area is 113 Å². The van der Waals surface area contributed by atoms with Gasteiger partial charge in [-0.05, 0) is 32.3 Å². The zero-order valence-electron chi connectivity index (χ0n) is 11.6. The molecule has 6 nitrogen and oxygen atoms in total. The molecule has 0 aliphatic heterocycles. The number of hydrogen-bond acceptors (Lipinski definition) is 4. The summed E-state index contributed by atoms with van der Waals surface area (Å²) in [6, 6.07) is 2.12. The molecule has 104 valence electrons. The SMILES string of the molecule is CCc1cc(Cn2cc(CCCO)nn2)n(CC)n1. The molecule has 0 amide bonds. The standard InChI is InChI=1S/C13H21N5O/c1-3-11-8-13(18(4-2)15-11)10-17-9-12(14-16-17)6-5-7-19/h8-9,19H,3-7,10H2,1-2H3. The molecule has 0 aliphatic rings. The van der Waals surface area contributed by atoms with E-state index in [1.165, 1.54) is 0 Å². The molecule has 0 bridgehead atoms. The van der Waals surface area contributed by atoms with Crippen LogP contribution < -0.4 is 0 Å². The zero-order chi connectivity index (χ0) is 13.7. The Morgan fingerprint density at radius 3 is 2.79 bits per heavy atom. The van der Waals surface area contributed by atoms with Gasteiger partial charge in [0, 0.05) is 19.3 Å². The molecule has 2 rings (SSSR count). The van der Waals surface area contributed by atoms with E-state index in [1.54, 1.807) is 0 Å². The van der Waals surface area contributed by atoms with Gasteiger partial charge in [-0.1, -0.05) is 12.1 Å². The molecule has 0 atom stereocenters. The lowest BCUT2D eigenvalue weighted by atomic mass is 10.2. The van der Waals surface area contributed by atoms with Gasteiger partial charge >= 0.3 is 0 Å². The van der Waals surface area contributed by atoms with Crippen molar-refractivity contribution in [3.8, 4) is 0 Å². The highest BCUT2D eigenvalue weighted by Gasteiger charge is 2.08. The summed E-state index contributed by atoms with van der Waals surface area (Å²) in [6.45, 7) is 5.93. The molecule has 0 saturated carbocycles. The van der Waals surface area contributed by atoms with Gasteiger partial charge in [-0.3, -0.25) is 4.68 Å². The van der Waals surface area contributed by atoms with Gasteiger partial charge in [-0.25, -0.2) is 4.68 Å². The van der Waals surface area contributed by atoms with Crippen LogP contribution in [0.2, 0.25) is 0 Å². The number of aromatic nitrogens is 5. The first-order chi connectivity index (χ1) is 9.26. The van der Waals surface area contributed by atoms with Crippen molar-refractivity contribution in [1.82, 2.24) is 24.8 Å². The minimum absolute atomic E-state index is 0.190. The Balaban J connectivity index is 2.07. The average molecular weight is 263 g/mol. The molecular weight excluding hydrogens is 242 g/mol. The molecule has 19 heavy (non-hydrogen) atoms. The van der Waals surface area contributed by atoms with Crippen molar-refractivity contribution in [1.29, 1.82) is 0 Å². The number of aliphatic hydroxyl groups is 1. The quantitative estimate of drug-likeness (QED) is 0.810. The second-order valence-corrected chi connectivity index (χ2v) is 4.53. The summed E-state index contributed by atoms with van der Waals surface area (Å²) in [4.78, 5) is 0. The van der Waals surface area contributed by atoms with Crippen LogP contribution in [0.3, 0.4) is 0 Å². The van der Waals surface area contributed by atoms with Crippen LogP contribution in [0, 0.1) is 0 Å². The van der Waals surface area contributed by atoms with E-state index < -0.39 is 0 Å². The highest BCUT2D eigenvalue weighted by atomic mass is 16.2. The molecule has 0 fully saturated rings. The van der Waals surface area contributed by atoms with Gasteiger partial charge in [-0.2, -0.15) is 5.10 Å². The van der Waals surface area contributed by atoms with Crippen molar-refractivity contribution in [2.24, 2.45) is 0 Å². The van der Waals surface area contributed by atoms with Crippen molar-refractivity contribution in [2.45, 2.75) is 46.2 Å². The molecular formula is C13H21N5O. The van der Waals surface area contributed by atoms with Crippen LogP contribution in [0.5, 0.6) is 0 Å². The summed E-state index contributed by atoms with van der Waals surface area (Å²) >= 11 is 0. The van der Waals surface area contributed by atoms with E-state index in [0.717, 1.165) is 42.9 Å². The van der Waals surface area contributed by atoms with Crippen LogP contribution in [0.4, 0.5) is 0 Å². The highest BCUT2D eigenvalue weighted by Crippen LogP contribution is 2.08. The maximum absolute atomic E-state index is 8.80. The average Bonchev–Trinajstić information content (AvgIpc) is 3.03. The van der Waals surface area contributed by atoms with Gasteiger partial charge < -0.3 is 5.11 Å². The van der Waals surface area contributed by atoms with Gasteiger partial charge in [0.15, 0.2) is 0 Å². The van der Waals surface area contributed by atoms with E-state index in [1.807, 2.05) is 15.6 Å². The minimum Gasteiger partial charge on any atom is -0.396 e. The molecule has 2 aromatic heterocycles. The Bertz CT molecular complexity index is 517.